The highest BCUT2D eigenvalue weighted by molar-refractivity contribution is 6.05. The number of anilines is 1. The van der Waals surface area contributed by atoms with Crippen molar-refractivity contribution in [3.63, 3.8) is 0 Å². The minimum atomic E-state index is -2.64. The lowest BCUT2D eigenvalue weighted by atomic mass is 10.1. The number of imidazole rings is 1. The van der Waals surface area contributed by atoms with Crippen molar-refractivity contribution < 1.29 is 23.0 Å². The van der Waals surface area contributed by atoms with E-state index in [9.17, 15) is 13.6 Å². The molecule has 5 rings (SSSR count). The van der Waals surface area contributed by atoms with E-state index in [4.69, 9.17) is 9.47 Å². The molecule has 0 spiro atoms. The van der Waals surface area contributed by atoms with Gasteiger partial charge in [0.15, 0.2) is 0 Å². The van der Waals surface area contributed by atoms with Gasteiger partial charge in [-0.15, -0.1) is 0 Å². The lowest BCUT2D eigenvalue weighted by molar-refractivity contribution is 0.0602. The van der Waals surface area contributed by atoms with Gasteiger partial charge in [-0.1, -0.05) is 18.2 Å². The Morgan fingerprint density at radius 3 is 2.67 bits per heavy atom. The van der Waals surface area contributed by atoms with Crippen molar-refractivity contribution in [3.05, 3.63) is 59.5 Å². The first kappa shape index (κ1) is 21.3. The number of rotatable bonds is 4. The zero-order chi connectivity index (χ0) is 23.1. The van der Waals surface area contributed by atoms with E-state index >= 15 is 0 Å². The Labute approximate surface area is 188 Å². The van der Waals surface area contributed by atoms with Gasteiger partial charge in [-0.3, -0.25) is 9.55 Å². The number of benzene rings is 2. The molecule has 7 nitrogen and oxygen atoms in total. The summed E-state index contributed by atoms with van der Waals surface area (Å²) in [4.78, 5) is 23.7. The van der Waals surface area contributed by atoms with E-state index in [-0.39, 0.29) is 11.1 Å². The number of carbonyl (C=O) groups is 1. The molecule has 0 unspecified atom stereocenters. The van der Waals surface area contributed by atoms with Crippen molar-refractivity contribution in [1.82, 2.24) is 14.5 Å². The first-order valence-corrected chi connectivity index (χ1v) is 10.6. The molecule has 9 heteroatoms. The Balaban J connectivity index is 1.80. The van der Waals surface area contributed by atoms with Crippen LogP contribution in [0.2, 0.25) is 0 Å². The van der Waals surface area contributed by atoms with Crippen LogP contribution in [0.5, 0.6) is 0 Å². The highest BCUT2D eigenvalue weighted by Gasteiger charge is 2.23. The second-order valence-corrected chi connectivity index (χ2v) is 7.82. The van der Waals surface area contributed by atoms with Crippen molar-refractivity contribution in [1.29, 1.82) is 0 Å². The predicted octanol–water partition coefficient (Wildman–Crippen LogP) is 4.44. The van der Waals surface area contributed by atoms with Gasteiger partial charge in [-0.2, -0.15) is 0 Å². The fraction of sp³-hybridized carbons (Fsp3) is 0.292. The number of carbonyl (C=O) groups excluding carboxylic acids is 1. The summed E-state index contributed by atoms with van der Waals surface area (Å²) in [5, 5.41) is 0.578. The quantitative estimate of drug-likeness (QED) is 0.427. The van der Waals surface area contributed by atoms with Gasteiger partial charge in [0.05, 0.1) is 42.6 Å². The lowest BCUT2D eigenvalue weighted by Crippen LogP contribution is -2.36. The molecular weight excluding hydrogens is 430 g/mol. The van der Waals surface area contributed by atoms with Crippen LogP contribution in [-0.2, 0) is 9.47 Å². The van der Waals surface area contributed by atoms with E-state index in [1.807, 2.05) is 17.6 Å². The van der Waals surface area contributed by atoms with Crippen molar-refractivity contribution >= 4 is 33.6 Å². The van der Waals surface area contributed by atoms with Gasteiger partial charge < -0.3 is 14.4 Å². The van der Waals surface area contributed by atoms with E-state index in [2.05, 4.69) is 14.9 Å². The summed E-state index contributed by atoms with van der Waals surface area (Å²) in [6.45, 7) is 4.38. The number of fused-ring (bicyclic) bond motifs is 2. The maximum Gasteiger partial charge on any atom is 0.340 e. The monoisotopic (exact) mass is 452 g/mol. The molecular formula is C24H22F2N4O3. The highest BCUT2D eigenvalue weighted by atomic mass is 19.3. The average molecular weight is 452 g/mol. The summed E-state index contributed by atoms with van der Waals surface area (Å²) < 4.78 is 39.6. The van der Waals surface area contributed by atoms with Gasteiger partial charge in [0.1, 0.15) is 11.3 Å². The molecule has 170 valence electrons. The van der Waals surface area contributed by atoms with Crippen LogP contribution < -0.4 is 4.90 Å². The minimum Gasteiger partial charge on any atom is -0.465 e. The summed E-state index contributed by atoms with van der Waals surface area (Å²) >= 11 is 0. The number of aromatic nitrogens is 3. The second-order valence-electron chi connectivity index (χ2n) is 7.82. The summed E-state index contributed by atoms with van der Waals surface area (Å²) in [5.74, 6) is 0.128. The van der Waals surface area contributed by atoms with Gasteiger partial charge >= 0.3 is 5.97 Å². The number of ether oxygens (including phenoxy) is 2. The fourth-order valence-corrected chi connectivity index (χ4v) is 4.41. The SMILES string of the molecule is COC(=O)c1cc(N2CCOCC2)cc2c1nc(C)n2-c1ccnc2c(C(F)F)cccc12. The molecule has 0 aliphatic carbocycles. The minimum absolute atomic E-state index is 0.124. The van der Waals surface area contributed by atoms with Gasteiger partial charge in [0.25, 0.3) is 6.43 Å². The summed E-state index contributed by atoms with van der Waals surface area (Å²) in [5.41, 5.74) is 3.16. The van der Waals surface area contributed by atoms with Crippen molar-refractivity contribution in [2.24, 2.45) is 0 Å². The average Bonchev–Trinajstić information content (AvgIpc) is 3.18. The molecule has 0 saturated carbocycles. The smallest absolute Gasteiger partial charge is 0.340 e. The van der Waals surface area contributed by atoms with Crippen LogP contribution in [0.15, 0.2) is 42.6 Å². The van der Waals surface area contributed by atoms with E-state index in [0.29, 0.717) is 59.8 Å². The topological polar surface area (TPSA) is 69.5 Å². The first-order valence-electron chi connectivity index (χ1n) is 10.6. The molecule has 33 heavy (non-hydrogen) atoms. The number of hydrogen-bond donors (Lipinski definition) is 0. The molecule has 0 atom stereocenters. The third-order valence-electron chi connectivity index (χ3n) is 5.95. The molecule has 0 N–H and O–H groups in total. The second kappa shape index (κ2) is 8.40. The third-order valence-corrected chi connectivity index (χ3v) is 5.95. The molecule has 1 aliphatic heterocycles. The van der Waals surface area contributed by atoms with E-state index in [1.165, 1.54) is 19.4 Å². The number of methoxy groups -OCH3 is 1. The number of esters is 1. The van der Waals surface area contributed by atoms with Crippen LogP contribution in [-0.4, -0.2) is 53.9 Å². The molecule has 1 saturated heterocycles. The van der Waals surface area contributed by atoms with Gasteiger partial charge in [0, 0.05) is 35.9 Å². The van der Waals surface area contributed by atoms with Gasteiger partial charge in [-0.25, -0.2) is 18.6 Å². The Kier molecular flexibility index (Phi) is 5.41. The van der Waals surface area contributed by atoms with Crippen molar-refractivity contribution in [3.8, 4) is 5.69 Å². The molecule has 1 fully saturated rings. The van der Waals surface area contributed by atoms with Crippen LogP contribution in [0.1, 0.15) is 28.2 Å². The maximum absolute atomic E-state index is 13.6. The normalized spacial score (nSPS) is 14.4. The molecule has 0 radical (unpaired) electrons. The van der Waals surface area contributed by atoms with E-state index in [1.54, 1.807) is 24.3 Å². The van der Waals surface area contributed by atoms with Crippen LogP contribution in [0.25, 0.3) is 27.6 Å². The van der Waals surface area contributed by atoms with Crippen LogP contribution in [0.3, 0.4) is 0 Å². The number of pyridine rings is 1. The van der Waals surface area contributed by atoms with Gasteiger partial charge in [0.2, 0.25) is 0 Å². The fourth-order valence-electron chi connectivity index (χ4n) is 4.41. The Morgan fingerprint density at radius 1 is 1.15 bits per heavy atom. The van der Waals surface area contributed by atoms with E-state index < -0.39 is 12.4 Å². The summed E-state index contributed by atoms with van der Waals surface area (Å²) in [7, 11) is 1.33. The van der Waals surface area contributed by atoms with Gasteiger partial charge in [-0.05, 0) is 25.1 Å². The largest absolute Gasteiger partial charge is 0.465 e. The first-order chi connectivity index (χ1) is 16.0. The Hall–Kier alpha value is -3.59. The number of hydrogen-bond acceptors (Lipinski definition) is 6. The zero-order valence-corrected chi connectivity index (χ0v) is 18.2. The number of alkyl halides is 2. The Bertz CT molecular complexity index is 1360. The van der Waals surface area contributed by atoms with Crippen LogP contribution in [0.4, 0.5) is 14.5 Å². The number of halogens is 2. The van der Waals surface area contributed by atoms with Crippen molar-refractivity contribution in [2.45, 2.75) is 13.3 Å². The molecule has 2 aromatic heterocycles. The number of aryl methyl sites for hydroxylation is 1. The zero-order valence-electron chi connectivity index (χ0n) is 18.2. The van der Waals surface area contributed by atoms with Crippen LogP contribution in [0, 0.1) is 6.92 Å². The maximum atomic E-state index is 13.6. The molecule has 0 amide bonds. The summed E-state index contributed by atoms with van der Waals surface area (Å²) in [6.07, 6.45) is -1.13. The molecule has 1 aliphatic rings. The Morgan fingerprint density at radius 2 is 1.94 bits per heavy atom. The third kappa shape index (κ3) is 3.58. The van der Waals surface area contributed by atoms with E-state index in [0.717, 1.165) is 5.69 Å². The number of para-hydroxylation sites is 1. The molecule has 4 aromatic rings. The highest BCUT2D eigenvalue weighted by Crippen LogP contribution is 2.34. The van der Waals surface area contributed by atoms with Crippen molar-refractivity contribution in [2.75, 3.05) is 38.3 Å². The number of morpholine rings is 1. The van der Waals surface area contributed by atoms with Crippen LogP contribution >= 0.6 is 0 Å². The summed E-state index contributed by atoms with van der Waals surface area (Å²) in [6, 6.07) is 10.3. The number of nitrogens with zero attached hydrogens (tertiary/aromatic N) is 4. The predicted molar refractivity (Wildman–Crippen MR) is 120 cm³/mol. The molecule has 3 heterocycles. The molecule has 0 bridgehead atoms. The lowest BCUT2D eigenvalue weighted by Gasteiger charge is -2.29. The standard InChI is InChI=1S/C24H22F2N4O3/c1-14-28-22-18(24(31)32-2)12-15(29-8-10-33-11-9-29)13-20(22)30(14)19-6-7-27-21-16(19)4-3-5-17(21)23(25)26/h3-7,12-13,23H,8-11H2,1-2H3. The molecule has 2 aromatic carbocycles.